The monoisotopic (exact) mass is 99.1 g/mol. The van der Waals surface area contributed by atoms with Gasteiger partial charge in [-0.1, -0.05) is 13.8 Å². The van der Waals surface area contributed by atoms with Gasteiger partial charge >= 0.3 is 0 Å². The molecule has 0 aliphatic carbocycles. The van der Waals surface area contributed by atoms with Gasteiger partial charge in [-0.25, -0.2) is 0 Å². The van der Waals surface area contributed by atoms with Gasteiger partial charge in [0.2, 0.25) is 7.98 Å². The zero-order chi connectivity index (χ0) is 5.70. The van der Waals surface area contributed by atoms with Gasteiger partial charge in [-0.2, -0.15) is 0 Å². The molecule has 2 radical (unpaired) electrons. The fraction of sp³-hybridized carbons (Fsp3) is 1.00. The summed E-state index contributed by atoms with van der Waals surface area (Å²) in [5.74, 6) is 0.538. The van der Waals surface area contributed by atoms with E-state index < -0.39 is 0 Å². The van der Waals surface area contributed by atoms with Crippen molar-refractivity contribution < 1.29 is 4.84 Å². The third kappa shape index (κ3) is 5.98. The highest BCUT2D eigenvalue weighted by Gasteiger charge is 1.88. The van der Waals surface area contributed by atoms with Crippen LogP contribution in [0.15, 0.2) is 0 Å². The van der Waals surface area contributed by atoms with Crippen LogP contribution in [0.1, 0.15) is 13.8 Å². The molecule has 7 heavy (non-hydrogen) atoms. The van der Waals surface area contributed by atoms with Gasteiger partial charge < -0.3 is 4.84 Å². The van der Waals surface area contributed by atoms with E-state index in [1.165, 1.54) is 0 Å². The first-order valence-electron chi connectivity index (χ1n) is 2.34. The van der Waals surface area contributed by atoms with Crippen molar-refractivity contribution >= 4 is 7.98 Å². The van der Waals surface area contributed by atoms with Crippen molar-refractivity contribution in [3.8, 4) is 0 Å². The summed E-state index contributed by atoms with van der Waals surface area (Å²) < 4.78 is 0. The van der Waals surface area contributed by atoms with Crippen LogP contribution in [0.5, 0.6) is 0 Å². The molecule has 0 amide bonds. The Bertz CT molecular complexity index is 40.7. The molecule has 0 spiro atoms. The number of hydrogen-bond acceptors (Lipinski definition) is 2. The summed E-state index contributed by atoms with van der Waals surface area (Å²) >= 11 is 0. The Balaban J connectivity index is 2.68. The van der Waals surface area contributed by atoms with E-state index in [0.29, 0.717) is 12.5 Å². The molecule has 0 aromatic heterocycles. The van der Waals surface area contributed by atoms with Crippen LogP contribution >= 0.6 is 0 Å². The van der Waals surface area contributed by atoms with Crippen molar-refractivity contribution in [1.29, 1.82) is 0 Å². The van der Waals surface area contributed by atoms with E-state index in [0.717, 1.165) is 0 Å². The molecule has 0 fully saturated rings. The van der Waals surface area contributed by atoms with Crippen molar-refractivity contribution in [3.05, 3.63) is 0 Å². The van der Waals surface area contributed by atoms with Crippen LogP contribution in [0.25, 0.3) is 0 Å². The minimum Gasteiger partial charge on any atom is -0.314 e. The highest BCUT2D eigenvalue weighted by molar-refractivity contribution is 6.03. The minimum atomic E-state index is 0.538. The molecule has 0 bridgehead atoms. The maximum absolute atomic E-state index is 4.80. The van der Waals surface area contributed by atoms with Crippen LogP contribution in [0, 0.1) is 5.92 Å². The molecular weight excluding hydrogens is 88.9 g/mol. The SMILES string of the molecule is [B]NOCC(C)C. The summed E-state index contributed by atoms with van der Waals surface area (Å²) in [5, 5.41) is 2.10. The van der Waals surface area contributed by atoms with Gasteiger partial charge in [-0.3, -0.25) is 5.39 Å². The minimum absolute atomic E-state index is 0.538. The highest BCUT2D eigenvalue weighted by Crippen LogP contribution is 1.88. The van der Waals surface area contributed by atoms with Crippen LogP contribution < -0.4 is 5.39 Å². The Morgan fingerprint density at radius 3 is 2.43 bits per heavy atom. The van der Waals surface area contributed by atoms with E-state index >= 15 is 0 Å². The molecular formula is C4H10BNO. The normalized spacial score (nSPS) is 10.1. The molecule has 40 valence electrons. The van der Waals surface area contributed by atoms with E-state index in [9.17, 15) is 0 Å². The molecule has 2 nitrogen and oxygen atoms in total. The lowest BCUT2D eigenvalue weighted by Crippen LogP contribution is -2.13. The average molecular weight is 98.9 g/mol. The van der Waals surface area contributed by atoms with Gasteiger partial charge in [0.05, 0.1) is 6.61 Å². The Labute approximate surface area is 45.6 Å². The average Bonchev–Trinajstić information content (AvgIpc) is 1.61. The summed E-state index contributed by atoms with van der Waals surface area (Å²) in [4.78, 5) is 4.62. The van der Waals surface area contributed by atoms with Crippen LogP contribution in [0.3, 0.4) is 0 Å². The van der Waals surface area contributed by atoms with Crippen LogP contribution in [0.2, 0.25) is 0 Å². The molecule has 0 aromatic rings. The molecule has 0 aliphatic heterocycles. The van der Waals surface area contributed by atoms with Gasteiger partial charge in [-0.15, -0.1) is 0 Å². The quantitative estimate of drug-likeness (QED) is 0.404. The van der Waals surface area contributed by atoms with Gasteiger partial charge in [-0.05, 0) is 5.92 Å². The van der Waals surface area contributed by atoms with Crippen molar-refractivity contribution in [2.24, 2.45) is 5.92 Å². The molecule has 0 unspecified atom stereocenters. The maximum Gasteiger partial charge on any atom is 0.219 e. The number of nitrogens with one attached hydrogen (secondary N) is 1. The molecule has 0 heterocycles. The second-order valence-electron chi connectivity index (χ2n) is 1.82. The first kappa shape index (κ1) is 6.98. The highest BCUT2D eigenvalue weighted by atomic mass is 16.6. The topological polar surface area (TPSA) is 21.3 Å². The second-order valence-corrected chi connectivity index (χ2v) is 1.82. The Kier molecular flexibility index (Phi) is 4.14. The summed E-state index contributed by atoms with van der Waals surface area (Å²) in [5.41, 5.74) is 0. The molecule has 3 heteroatoms. The van der Waals surface area contributed by atoms with Gasteiger partial charge in [0, 0.05) is 0 Å². The lowest BCUT2D eigenvalue weighted by molar-refractivity contribution is 0.0733. The standard InChI is InChI=1S/C4H10BNO/c1-4(2)3-7-6-5/h4,6H,3H2,1-2H3. The maximum atomic E-state index is 4.80. The Hall–Kier alpha value is -0.0151. The summed E-state index contributed by atoms with van der Waals surface area (Å²) in [6, 6.07) is 0. The Morgan fingerprint density at radius 1 is 1.71 bits per heavy atom. The fourth-order valence-electron chi connectivity index (χ4n) is 0.215. The summed E-state index contributed by atoms with van der Waals surface area (Å²) in [7, 11) is 4.80. The predicted octanol–water partition coefficient (Wildman–Crippen LogP) is 0.247. The number of hydrogen-bond donors (Lipinski definition) is 1. The molecule has 0 aromatic carbocycles. The Morgan fingerprint density at radius 2 is 2.29 bits per heavy atom. The predicted molar refractivity (Wildman–Crippen MR) is 29.7 cm³/mol. The zero-order valence-corrected chi connectivity index (χ0v) is 4.77. The van der Waals surface area contributed by atoms with Crippen molar-refractivity contribution in [2.75, 3.05) is 6.61 Å². The molecule has 0 saturated heterocycles. The first-order chi connectivity index (χ1) is 3.27. The van der Waals surface area contributed by atoms with E-state index in [4.69, 9.17) is 7.98 Å². The lowest BCUT2D eigenvalue weighted by atomic mass is 10.2. The third-order valence-corrected chi connectivity index (χ3v) is 0.500. The van der Waals surface area contributed by atoms with E-state index in [-0.39, 0.29) is 0 Å². The number of rotatable bonds is 3. The zero-order valence-electron chi connectivity index (χ0n) is 4.77. The van der Waals surface area contributed by atoms with E-state index in [1.54, 1.807) is 0 Å². The van der Waals surface area contributed by atoms with E-state index in [2.05, 4.69) is 24.1 Å². The van der Waals surface area contributed by atoms with Crippen molar-refractivity contribution in [1.82, 2.24) is 5.39 Å². The summed E-state index contributed by atoms with van der Waals surface area (Å²) in [6.07, 6.45) is 0. The van der Waals surface area contributed by atoms with Crippen LogP contribution in [-0.4, -0.2) is 14.6 Å². The first-order valence-corrected chi connectivity index (χ1v) is 2.34. The van der Waals surface area contributed by atoms with Crippen LogP contribution in [0.4, 0.5) is 0 Å². The van der Waals surface area contributed by atoms with Crippen LogP contribution in [-0.2, 0) is 4.84 Å². The fourth-order valence-corrected chi connectivity index (χ4v) is 0.215. The van der Waals surface area contributed by atoms with Crippen molar-refractivity contribution in [3.63, 3.8) is 0 Å². The molecule has 0 rings (SSSR count). The molecule has 0 atom stereocenters. The molecule has 0 aliphatic rings. The second kappa shape index (κ2) is 4.15. The molecule has 1 N–H and O–H groups in total. The van der Waals surface area contributed by atoms with Gasteiger partial charge in [0.1, 0.15) is 0 Å². The smallest absolute Gasteiger partial charge is 0.219 e. The van der Waals surface area contributed by atoms with Crippen molar-refractivity contribution in [2.45, 2.75) is 13.8 Å². The molecule has 0 saturated carbocycles. The van der Waals surface area contributed by atoms with Gasteiger partial charge in [0.15, 0.2) is 0 Å². The van der Waals surface area contributed by atoms with E-state index in [1.807, 2.05) is 0 Å². The third-order valence-electron chi connectivity index (χ3n) is 0.500. The summed E-state index contributed by atoms with van der Waals surface area (Å²) in [6.45, 7) is 4.77. The largest absolute Gasteiger partial charge is 0.314 e. The van der Waals surface area contributed by atoms with Gasteiger partial charge in [0.25, 0.3) is 0 Å². The lowest BCUT2D eigenvalue weighted by Gasteiger charge is -2.02.